The molecule has 0 radical (unpaired) electrons. The van der Waals surface area contributed by atoms with E-state index in [1.54, 1.807) is 13.4 Å². The second-order valence-electron chi connectivity index (χ2n) is 6.98. The van der Waals surface area contributed by atoms with E-state index >= 15 is 0 Å². The van der Waals surface area contributed by atoms with Crippen LogP contribution in [0.4, 0.5) is 0 Å². The van der Waals surface area contributed by atoms with Crippen LogP contribution in [0.3, 0.4) is 0 Å². The minimum atomic E-state index is 0. The lowest BCUT2D eigenvalue weighted by Gasteiger charge is -2.62. The Morgan fingerprint density at radius 3 is 2.65 bits per heavy atom. The van der Waals surface area contributed by atoms with Gasteiger partial charge in [-0.05, 0) is 26.0 Å². The molecule has 132 valence electrons. The maximum absolute atomic E-state index is 5.38. The number of methoxy groups -OCH3 is 1. The second kappa shape index (κ2) is 8.37. The molecule has 2 heterocycles. The summed E-state index contributed by atoms with van der Waals surface area (Å²) in [4.78, 5) is 7.04. The normalized spacial score (nSPS) is 19.0. The van der Waals surface area contributed by atoms with Crippen molar-refractivity contribution in [2.75, 3.05) is 33.4 Å². The zero-order valence-electron chi connectivity index (χ0n) is 14.9. The molecule has 0 amide bonds. The van der Waals surface area contributed by atoms with Crippen molar-refractivity contribution in [3.05, 3.63) is 24.2 Å². The van der Waals surface area contributed by atoms with Crippen LogP contribution >= 0.6 is 24.0 Å². The van der Waals surface area contributed by atoms with Crippen LogP contribution in [0.25, 0.3) is 0 Å². The summed E-state index contributed by atoms with van der Waals surface area (Å²) in [5.74, 6) is 1.96. The van der Waals surface area contributed by atoms with Crippen molar-refractivity contribution < 1.29 is 9.15 Å². The fraction of sp³-hybridized carbons (Fsp3) is 0.706. The highest BCUT2D eigenvalue weighted by Crippen LogP contribution is 2.46. The van der Waals surface area contributed by atoms with Crippen LogP contribution in [-0.4, -0.2) is 49.7 Å². The standard InChI is InChI=1S/C17H29N3O2.HI/c1-16(2)13-20(17(16,3)4)15(19-10-12-21-5)18-9-8-14-7-6-11-22-14;/h6-7,11H,8-10,12-13H2,1-5H3,(H,18,19);1H. The zero-order valence-corrected chi connectivity index (χ0v) is 17.2. The van der Waals surface area contributed by atoms with Crippen molar-refractivity contribution in [1.82, 2.24) is 10.2 Å². The summed E-state index contributed by atoms with van der Waals surface area (Å²) in [7, 11) is 1.70. The number of likely N-dealkylation sites (tertiary alicyclic amines) is 1. The highest BCUT2D eigenvalue weighted by molar-refractivity contribution is 14.0. The number of halogens is 1. The molecule has 0 aliphatic carbocycles. The molecule has 0 aromatic carbocycles. The predicted octanol–water partition coefficient (Wildman–Crippen LogP) is 3.15. The van der Waals surface area contributed by atoms with Crippen LogP contribution in [0.5, 0.6) is 0 Å². The van der Waals surface area contributed by atoms with Gasteiger partial charge < -0.3 is 19.4 Å². The third-order valence-corrected chi connectivity index (χ3v) is 4.93. The average Bonchev–Trinajstić information content (AvgIpc) is 2.97. The number of rotatable bonds is 6. The fourth-order valence-corrected chi connectivity index (χ4v) is 2.63. The average molecular weight is 435 g/mol. The van der Waals surface area contributed by atoms with Crippen LogP contribution in [0, 0.1) is 5.41 Å². The summed E-state index contributed by atoms with van der Waals surface area (Å²) in [5.41, 5.74) is 0.383. The smallest absolute Gasteiger partial charge is 0.194 e. The minimum Gasteiger partial charge on any atom is -0.469 e. The Labute approximate surface area is 156 Å². The van der Waals surface area contributed by atoms with Gasteiger partial charge in [0.25, 0.3) is 0 Å². The van der Waals surface area contributed by atoms with Gasteiger partial charge in [-0.15, -0.1) is 24.0 Å². The third-order valence-electron chi connectivity index (χ3n) is 4.93. The van der Waals surface area contributed by atoms with E-state index in [-0.39, 0.29) is 34.9 Å². The third kappa shape index (κ3) is 4.62. The topological polar surface area (TPSA) is 50.0 Å². The Hall–Kier alpha value is -0.760. The van der Waals surface area contributed by atoms with Crippen LogP contribution in [0.2, 0.25) is 0 Å². The van der Waals surface area contributed by atoms with E-state index in [1.807, 2.05) is 12.1 Å². The summed E-state index contributed by atoms with van der Waals surface area (Å²) in [6.45, 7) is 12.3. The van der Waals surface area contributed by atoms with E-state index in [9.17, 15) is 0 Å². The van der Waals surface area contributed by atoms with Gasteiger partial charge in [0, 0.05) is 37.6 Å². The maximum atomic E-state index is 5.38. The quantitative estimate of drug-likeness (QED) is 0.323. The van der Waals surface area contributed by atoms with Gasteiger partial charge in [-0.2, -0.15) is 0 Å². The summed E-state index contributed by atoms with van der Waals surface area (Å²) in [6.07, 6.45) is 2.57. The molecule has 0 atom stereocenters. The van der Waals surface area contributed by atoms with Gasteiger partial charge in [0.15, 0.2) is 5.96 Å². The molecule has 1 fully saturated rings. The molecule has 0 saturated carbocycles. The number of nitrogens with zero attached hydrogens (tertiary/aromatic N) is 2. The van der Waals surface area contributed by atoms with Crippen molar-refractivity contribution >= 4 is 29.9 Å². The molecule has 0 unspecified atom stereocenters. The summed E-state index contributed by atoms with van der Waals surface area (Å²) in [5, 5.41) is 3.47. The molecule has 1 aromatic heterocycles. The van der Waals surface area contributed by atoms with Crippen LogP contribution in [0.1, 0.15) is 33.5 Å². The molecule has 6 heteroatoms. The lowest BCUT2D eigenvalue weighted by Crippen LogP contribution is -2.72. The molecule has 5 nitrogen and oxygen atoms in total. The van der Waals surface area contributed by atoms with Crippen LogP contribution in [-0.2, 0) is 11.2 Å². The van der Waals surface area contributed by atoms with E-state index in [1.165, 1.54) is 0 Å². The number of guanidine groups is 1. The van der Waals surface area contributed by atoms with Crippen molar-refractivity contribution in [3.8, 4) is 0 Å². The highest BCUT2D eigenvalue weighted by Gasteiger charge is 2.53. The number of aliphatic imine (C=N–C) groups is 1. The Balaban J connectivity index is 0.00000264. The first-order chi connectivity index (χ1) is 10.4. The molecule has 1 saturated heterocycles. The lowest BCUT2D eigenvalue weighted by molar-refractivity contribution is -0.0668. The molecular formula is C17H30IN3O2. The Bertz CT molecular complexity index is 498. The van der Waals surface area contributed by atoms with Gasteiger partial charge in [-0.3, -0.25) is 4.99 Å². The Morgan fingerprint density at radius 1 is 1.39 bits per heavy atom. The van der Waals surface area contributed by atoms with Gasteiger partial charge in [0.05, 0.1) is 19.4 Å². The largest absolute Gasteiger partial charge is 0.469 e. The maximum Gasteiger partial charge on any atom is 0.194 e. The first-order valence-electron chi connectivity index (χ1n) is 7.96. The van der Waals surface area contributed by atoms with Crippen molar-refractivity contribution in [3.63, 3.8) is 0 Å². The molecule has 1 N–H and O–H groups in total. The number of hydrogen-bond acceptors (Lipinski definition) is 3. The number of nitrogens with one attached hydrogen (secondary N) is 1. The molecule has 1 aliphatic heterocycles. The number of furan rings is 1. The van der Waals surface area contributed by atoms with Gasteiger partial charge in [-0.1, -0.05) is 13.8 Å². The van der Waals surface area contributed by atoms with E-state index in [0.717, 1.165) is 31.2 Å². The van der Waals surface area contributed by atoms with E-state index in [4.69, 9.17) is 14.1 Å². The molecule has 2 rings (SSSR count). The first-order valence-corrected chi connectivity index (χ1v) is 7.96. The van der Waals surface area contributed by atoms with Gasteiger partial charge in [-0.25, -0.2) is 0 Å². The van der Waals surface area contributed by atoms with E-state index in [2.05, 4.69) is 37.9 Å². The monoisotopic (exact) mass is 435 g/mol. The predicted molar refractivity (Wildman–Crippen MR) is 105 cm³/mol. The van der Waals surface area contributed by atoms with Crippen molar-refractivity contribution in [2.45, 2.75) is 39.7 Å². The summed E-state index contributed by atoms with van der Waals surface area (Å²) in [6, 6.07) is 3.92. The van der Waals surface area contributed by atoms with E-state index < -0.39 is 0 Å². The zero-order chi connectivity index (χ0) is 16.2. The Morgan fingerprint density at radius 2 is 2.13 bits per heavy atom. The summed E-state index contributed by atoms with van der Waals surface area (Å²) >= 11 is 0. The molecule has 1 aromatic rings. The first kappa shape index (κ1) is 20.3. The van der Waals surface area contributed by atoms with Crippen LogP contribution < -0.4 is 5.32 Å². The minimum absolute atomic E-state index is 0. The Kier molecular flexibility index (Phi) is 7.38. The van der Waals surface area contributed by atoms with Gasteiger partial charge >= 0.3 is 0 Å². The molecule has 1 aliphatic rings. The van der Waals surface area contributed by atoms with E-state index in [0.29, 0.717) is 13.2 Å². The SMILES string of the molecule is COCCN=C(NCCc1ccco1)N1CC(C)(C)C1(C)C.I. The second-order valence-corrected chi connectivity index (χ2v) is 6.98. The molecule has 23 heavy (non-hydrogen) atoms. The van der Waals surface area contributed by atoms with Crippen molar-refractivity contribution in [1.29, 1.82) is 0 Å². The number of hydrogen-bond donors (Lipinski definition) is 1. The molecular weight excluding hydrogens is 405 g/mol. The van der Waals surface area contributed by atoms with Gasteiger partial charge in [0.2, 0.25) is 0 Å². The molecule has 0 bridgehead atoms. The van der Waals surface area contributed by atoms with Gasteiger partial charge in [0.1, 0.15) is 5.76 Å². The lowest BCUT2D eigenvalue weighted by atomic mass is 9.65. The molecule has 0 spiro atoms. The number of ether oxygens (including phenoxy) is 1. The summed E-state index contributed by atoms with van der Waals surface area (Å²) < 4.78 is 10.5. The van der Waals surface area contributed by atoms with Crippen LogP contribution in [0.15, 0.2) is 27.8 Å². The fourth-order valence-electron chi connectivity index (χ4n) is 2.63. The highest BCUT2D eigenvalue weighted by atomic mass is 127. The van der Waals surface area contributed by atoms with Crippen molar-refractivity contribution in [2.24, 2.45) is 10.4 Å².